The van der Waals surface area contributed by atoms with Gasteiger partial charge in [0.2, 0.25) is 5.91 Å². The van der Waals surface area contributed by atoms with Crippen LogP contribution in [0.15, 0.2) is 41.7 Å². The number of likely N-dealkylation sites (tertiary alicyclic amines) is 1. The quantitative estimate of drug-likeness (QED) is 0.301. The highest BCUT2D eigenvalue weighted by Gasteiger charge is 2.46. The predicted molar refractivity (Wildman–Crippen MR) is 160 cm³/mol. The van der Waals surface area contributed by atoms with E-state index in [4.69, 9.17) is 28.9 Å². The Balaban J connectivity index is 1.30. The molecule has 1 spiro atoms. The van der Waals surface area contributed by atoms with Crippen molar-refractivity contribution < 1.29 is 14.7 Å². The summed E-state index contributed by atoms with van der Waals surface area (Å²) in [5.41, 5.74) is 6.53. The monoisotopic (exact) mass is 610 g/mol. The number of rotatable bonds is 6. The molecule has 0 saturated carbocycles. The number of aromatic nitrogens is 4. The molecule has 2 aliphatic rings. The van der Waals surface area contributed by atoms with Crippen LogP contribution in [0.5, 0.6) is 5.75 Å². The van der Waals surface area contributed by atoms with Crippen LogP contribution in [-0.4, -0.2) is 74.1 Å². The van der Waals surface area contributed by atoms with E-state index in [-0.39, 0.29) is 39.1 Å². The van der Waals surface area contributed by atoms with Gasteiger partial charge < -0.3 is 35.1 Å². The molecule has 14 heteroatoms. The predicted octanol–water partition coefficient (Wildman–Crippen LogP) is 2.69. The normalized spacial score (nSPS) is 16.2. The molecule has 0 unspecified atom stereocenters. The average molecular weight is 611 g/mol. The first kappa shape index (κ1) is 28.0. The highest BCUT2D eigenvalue weighted by molar-refractivity contribution is 6.34. The van der Waals surface area contributed by atoms with Gasteiger partial charge in [-0.2, -0.15) is 0 Å². The number of carbonyl (C=O) groups is 2. The SMILES string of the molecule is CN1CC2(CCN(c3cc(NC(=O)Cn4cc(-c5cc(Cl)c(O)c(C(N)=O)c5)c5c(=O)n(C)cnc54)c(Cl)cn3)C2)C1. The number of phenols is 1. The largest absolute Gasteiger partial charge is 0.506 e. The van der Waals surface area contributed by atoms with Gasteiger partial charge in [-0.25, -0.2) is 9.97 Å². The first-order valence-corrected chi connectivity index (χ1v) is 14.0. The van der Waals surface area contributed by atoms with Crippen LogP contribution >= 0.6 is 23.2 Å². The first-order chi connectivity index (χ1) is 19.9. The maximum atomic E-state index is 13.3. The molecule has 42 heavy (non-hydrogen) atoms. The molecular weight excluding hydrogens is 583 g/mol. The van der Waals surface area contributed by atoms with Crippen LogP contribution in [0.3, 0.4) is 0 Å². The number of nitrogens with zero attached hydrogens (tertiary/aromatic N) is 6. The summed E-state index contributed by atoms with van der Waals surface area (Å²) in [7, 11) is 3.67. The van der Waals surface area contributed by atoms with Gasteiger partial charge in [0, 0.05) is 56.5 Å². The summed E-state index contributed by atoms with van der Waals surface area (Å²) in [6, 6.07) is 4.54. The zero-order valence-corrected chi connectivity index (χ0v) is 24.4. The molecule has 2 fully saturated rings. The lowest BCUT2D eigenvalue weighted by Gasteiger charge is -2.46. The summed E-state index contributed by atoms with van der Waals surface area (Å²) in [4.78, 5) is 51.8. The van der Waals surface area contributed by atoms with Crippen molar-refractivity contribution in [2.75, 3.05) is 43.4 Å². The lowest BCUT2D eigenvalue weighted by atomic mass is 9.79. The van der Waals surface area contributed by atoms with Crippen molar-refractivity contribution in [2.24, 2.45) is 18.2 Å². The summed E-state index contributed by atoms with van der Waals surface area (Å²) in [6.45, 7) is 3.71. The molecule has 1 aromatic carbocycles. The molecule has 4 aromatic rings. The highest BCUT2D eigenvalue weighted by atomic mass is 35.5. The number of anilines is 2. The summed E-state index contributed by atoms with van der Waals surface area (Å²) >= 11 is 12.6. The Bertz CT molecular complexity index is 1830. The fraction of sp³-hybridized carbons (Fsp3) is 0.321. The number of halogens is 2. The maximum absolute atomic E-state index is 13.3. The van der Waals surface area contributed by atoms with E-state index in [2.05, 4.69) is 32.1 Å². The average Bonchev–Trinajstić information content (AvgIpc) is 3.51. The molecule has 0 radical (unpaired) electrons. The number of nitrogens with one attached hydrogen (secondary N) is 1. The van der Waals surface area contributed by atoms with Crippen LogP contribution in [0.4, 0.5) is 11.5 Å². The Morgan fingerprint density at radius 2 is 1.88 bits per heavy atom. The van der Waals surface area contributed by atoms with Crippen molar-refractivity contribution in [3.63, 3.8) is 0 Å². The molecular formula is C28H28Cl2N8O4. The van der Waals surface area contributed by atoms with E-state index in [1.54, 1.807) is 19.3 Å². The molecule has 0 bridgehead atoms. The van der Waals surface area contributed by atoms with E-state index >= 15 is 0 Å². The number of hydrogen-bond donors (Lipinski definition) is 3. The van der Waals surface area contributed by atoms with Crippen molar-refractivity contribution in [1.82, 2.24) is 24.0 Å². The van der Waals surface area contributed by atoms with Gasteiger partial charge in [-0.1, -0.05) is 23.2 Å². The van der Waals surface area contributed by atoms with Crippen molar-refractivity contribution >= 4 is 57.6 Å². The van der Waals surface area contributed by atoms with Crippen LogP contribution in [0.1, 0.15) is 16.8 Å². The van der Waals surface area contributed by atoms with E-state index in [1.165, 1.54) is 33.8 Å². The van der Waals surface area contributed by atoms with Gasteiger partial charge in [-0.3, -0.25) is 14.4 Å². The summed E-state index contributed by atoms with van der Waals surface area (Å²) < 4.78 is 2.83. The summed E-state index contributed by atoms with van der Waals surface area (Å²) in [6.07, 6.45) is 5.55. The second kappa shape index (κ2) is 10.3. The van der Waals surface area contributed by atoms with Gasteiger partial charge in [0.25, 0.3) is 11.5 Å². The number of amides is 2. The number of pyridine rings is 1. The Morgan fingerprint density at radius 3 is 2.60 bits per heavy atom. The molecule has 2 saturated heterocycles. The minimum absolute atomic E-state index is 0.114. The lowest BCUT2D eigenvalue weighted by Crippen LogP contribution is -2.55. The molecule has 6 rings (SSSR count). The fourth-order valence-electron chi connectivity index (χ4n) is 6.08. The zero-order chi connectivity index (χ0) is 29.9. The second-order valence-electron chi connectivity index (χ2n) is 11.2. The third-order valence-corrected chi connectivity index (χ3v) is 8.57. The molecule has 2 amide bonds. The van der Waals surface area contributed by atoms with Gasteiger partial charge in [-0.15, -0.1) is 0 Å². The number of aryl methyl sites for hydroxylation is 1. The number of benzene rings is 1. The Hall–Kier alpha value is -4.13. The van der Waals surface area contributed by atoms with E-state index in [0.29, 0.717) is 21.8 Å². The maximum Gasteiger partial charge on any atom is 0.263 e. The third-order valence-electron chi connectivity index (χ3n) is 7.98. The molecule has 2 aliphatic heterocycles. The first-order valence-electron chi connectivity index (χ1n) is 13.2. The Kier molecular flexibility index (Phi) is 6.87. The topological polar surface area (TPSA) is 152 Å². The van der Waals surface area contributed by atoms with Gasteiger partial charge in [-0.05, 0) is 31.2 Å². The molecule has 12 nitrogen and oxygen atoms in total. The van der Waals surface area contributed by atoms with Gasteiger partial charge in [0.15, 0.2) is 0 Å². The lowest BCUT2D eigenvalue weighted by molar-refractivity contribution is -0.116. The number of fused-ring (bicyclic) bond motifs is 1. The smallest absolute Gasteiger partial charge is 0.263 e. The number of primary amides is 1. The molecule has 0 atom stereocenters. The van der Waals surface area contributed by atoms with Crippen LogP contribution in [0.2, 0.25) is 10.0 Å². The van der Waals surface area contributed by atoms with E-state index in [9.17, 15) is 19.5 Å². The van der Waals surface area contributed by atoms with E-state index in [0.717, 1.165) is 38.4 Å². The molecule has 218 valence electrons. The minimum atomic E-state index is -0.886. The number of carbonyl (C=O) groups excluding carboxylic acids is 2. The molecule has 5 heterocycles. The van der Waals surface area contributed by atoms with Crippen LogP contribution in [0.25, 0.3) is 22.2 Å². The van der Waals surface area contributed by atoms with Gasteiger partial charge in [0.05, 0.1) is 39.2 Å². The fourth-order valence-corrected chi connectivity index (χ4v) is 6.45. The number of nitrogens with two attached hydrogens (primary N) is 1. The van der Waals surface area contributed by atoms with Crippen LogP contribution in [0, 0.1) is 5.41 Å². The standard InChI is InChI=1S/C28H28Cl2N8O4/c1-35-11-28(12-35)3-4-37(13-28)21-7-20(19(30)8-32-21)34-22(39)10-38-9-17(23-26(38)33-14-36(2)27(23)42)15-5-16(25(31)41)24(40)18(29)6-15/h5-9,14,40H,3-4,10-13H2,1-2H3,(H2,31,41)(H,32,34,39). The third kappa shape index (κ3) is 4.85. The summed E-state index contributed by atoms with van der Waals surface area (Å²) in [5.74, 6) is -1.00. The highest BCUT2D eigenvalue weighted by Crippen LogP contribution is 2.41. The second-order valence-corrected chi connectivity index (χ2v) is 12.0. The summed E-state index contributed by atoms with van der Waals surface area (Å²) in [5, 5.41) is 13.4. The Morgan fingerprint density at radius 1 is 1.12 bits per heavy atom. The zero-order valence-electron chi connectivity index (χ0n) is 22.9. The number of aromatic hydroxyl groups is 1. The molecule has 0 aliphatic carbocycles. The Labute approximate surface area is 250 Å². The molecule has 3 aromatic heterocycles. The number of hydrogen-bond acceptors (Lipinski definition) is 8. The molecule has 4 N–H and O–H groups in total. The minimum Gasteiger partial charge on any atom is -0.506 e. The van der Waals surface area contributed by atoms with Gasteiger partial charge >= 0.3 is 0 Å². The van der Waals surface area contributed by atoms with Gasteiger partial charge in [0.1, 0.15) is 23.8 Å². The van der Waals surface area contributed by atoms with Crippen molar-refractivity contribution in [3.8, 4) is 16.9 Å². The van der Waals surface area contributed by atoms with E-state index < -0.39 is 17.6 Å². The van der Waals surface area contributed by atoms with Crippen molar-refractivity contribution in [3.05, 3.63) is 62.9 Å². The van der Waals surface area contributed by atoms with Crippen LogP contribution < -0.4 is 21.5 Å². The van der Waals surface area contributed by atoms with Crippen molar-refractivity contribution in [1.29, 1.82) is 0 Å². The van der Waals surface area contributed by atoms with Crippen molar-refractivity contribution in [2.45, 2.75) is 13.0 Å². The van der Waals surface area contributed by atoms with Crippen LogP contribution in [-0.2, 0) is 18.4 Å². The van der Waals surface area contributed by atoms with E-state index in [1.807, 2.05) is 0 Å².